The van der Waals surface area contributed by atoms with Crippen molar-refractivity contribution in [2.24, 2.45) is 0 Å². The van der Waals surface area contributed by atoms with E-state index in [9.17, 15) is 14.0 Å². The van der Waals surface area contributed by atoms with Crippen LogP contribution < -0.4 is 0 Å². The van der Waals surface area contributed by atoms with Gasteiger partial charge in [0.15, 0.2) is 6.10 Å². The highest BCUT2D eigenvalue weighted by Crippen LogP contribution is 2.45. The Kier molecular flexibility index (Phi) is 7.02. The predicted molar refractivity (Wildman–Crippen MR) is 112 cm³/mol. The third-order valence-electron chi connectivity index (χ3n) is 4.36. The van der Waals surface area contributed by atoms with Crippen LogP contribution in [0.15, 0.2) is 48.5 Å². The topological polar surface area (TPSA) is 46.6 Å². The van der Waals surface area contributed by atoms with Gasteiger partial charge < -0.3 is 9.64 Å². The third-order valence-corrected chi connectivity index (χ3v) is 7.46. The van der Waals surface area contributed by atoms with Gasteiger partial charge in [-0.05, 0) is 42.3 Å². The van der Waals surface area contributed by atoms with Gasteiger partial charge in [-0.2, -0.15) is 0 Å². The number of benzene rings is 2. The van der Waals surface area contributed by atoms with Crippen LogP contribution in [0.5, 0.6) is 0 Å². The van der Waals surface area contributed by atoms with Gasteiger partial charge in [0.05, 0.1) is 10.1 Å². The lowest BCUT2D eigenvalue weighted by Gasteiger charge is -2.21. The van der Waals surface area contributed by atoms with E-state index in [1.54, 1.807) is 38.2 Å². The van der Waals surface area contributed by atoms with Crippen LogP contribution in [0, 0.1) is 5.82 Å². The molecule has 1 saturated heterocycles. The first-order chi connectivity index (χ1) is 13.4. The standard InChI is InChI=1S/C21H22FNO3S2/c1-14(19(24)23(2)13-15-4-3-5-18(22)12-15)26-20(25)16-6-8-17(9-7-16)21-27-10-11-28-21/h3-9,12,14,21H,10-11,13H2,1-2H3. The van der Waals surface area contributed by atoms with Gasteiger partial charge in [-0.15, -0.1) is 23.5 Å². The van der Waals surface area contributed by atoms with Gasteiger partial charge >= 0.3 is 5.97 Å². The van der Waals surface area contributed by atoms with Crippen LogP contribution in [0.3, 0.4) is 0 Å². The number of carbonyl (C=O) groups excluding carboxylic acids is 2. The Labute approximate surface area is 172 Å². The van der Waals surface area contributed by atoms with Crippen molar-refractivity contribution in [3.8, 4) is 0 Å². The summed E-state index contributed by atoms with van der Waals surface area (Å²) in [7, 11) is 1.60. The average Bonchev–Trinajstić information content (AvgIpc) is 3.22. The summed E-state index contributed by atoms with van der Waals surface area (Å²) in [6.45, 7) is 1.78. The maximum Gasteiger partial charge on any atom is 0.338 e. The van der Waals surface area contributed by atoms with Gasteiger partial charge in [0, 0.05) is 25.1 Å². The molecule has 0 aliphatic carbocycles. The first-order valence-electron chi connectivity index (χ1n) is 8.97. The summed E-state index contributed by atoms with van der Waals surface area (Å²) in [5.74, 6) is 1.06. The molecule has 2 aromatic rings. The number of amides is 1. The molecule has 1 atom stereocenters. The van der Waals surface area contributed by atoms with Gasteiger partial charge in [-0.25, -0.2) is 9.18 Å². The van der Waals surface area contributed by atoms with E-state index < -0.39 is 12.1 Å². The molecule has 1 aliphatic rings. The molecule has 0 saturated carbocycles. The fourth-order valence-electron chi connectivity index (χ4n) is 2.90. The van der Waals surface area contributed by atoms with Crippen LogP contribution in [-0.4, -0.2) is 41.4 Å². The first kappa shape index (κ1) is 20.7. The summed E-state index contributed by atoms with van der Waals surface area (Å²) < 4.78 is 19.0. The predicted octanol–water partition coefficient (Wildman–Crippen LogP) is 4.51. The van der Waals surface area contributed by atoms with Crippen molar-refractivity contribution in [2.45, 2.75) is 24.2 Å². The smallest absolute Gasteiger partial charge is 0.338 e. The van der Waals surface area contributed by atoms with E-state index >= 15 is 0 Å². The van der Waals surface area contributed by atoms with Crippen LogP contribution >= 0.6 is 23.5 Å². The number of ether oxygens (including phenoxy) is 1. The quantitative estimate of drug-likeness (QED) is 0.645. The molecule has 4 nitrogen and oxygen atoms in total. The van der Waals surface area contributed by atoms with Crippen LogP contribution in [0.2, 0.25) is 0 Å². The van der Waals surface area contributed by atoms with Gasteiger partial charge in [-0.3, -0.25) is 4.79 Å². The number of likely N-dealkylation sites (N-methyl/N-ethyl adjacent to an activating group) is 1. The number of halogens is 1. The van der Waals surface area contributed by atoms with Crippen molar-refractivity contribution >= 4 is 35.4 Å². The Morgan fingerprint density at radius 1 is 1.18 bits per heavy atom. The highest BCUT2D eigenvalue weighted by Gasteiger charge is 2.23. The van der Waals surface area contributed by atoms with Crippen molar-refractivity contribution in [3.63, 3.8) is 0 Å². The Hall–Kier alpha value is -1.99. The van der Waals surface area contributed by atoms with Crippen molar-refractivity contribution in [2.75, 3.05) is 18.6 Å². The lowest BCUT2D eigenvalue weighted by molar-refractivity contribution is -0.139. The number of thioether (sulfide) groups is 2. The average molecular weight is 420 g/mol. The van der Waals surface area contributed by atoms with Crippen molar-refractivity contribution in [3.05, 3.63) is 71.0 Å². The second kappa shape index (κ2) is 9.47. The number of hydrogen-bond donors (Lipinski definition) is 0. The molecule has 28 heavy (non-hydrogen) atoms. The molecule has 3 rings (SSSR count). The molecule has 0 radical (unpaired) electrons. The summed E-state index contributed by atoms with van der Waals surface area (Å²) in [6.07, 6.45) is -0.924. The summed E-state index contributed by atoms with van der Waals surface area (Å²) in [4.78, 5) is 26.3. The molecule has 0 spiro atoms. The fourth-order valence-corrected chi connectivity index (χ4v) is 5.76. The van der Waals surface area contributed by atoms with Crippen LogP contribution in [0.4, 0.5) is 4.39 Å². The maximum absolute atomic E-state index is 13.3. The monoisotopic (exact) mass is 419 g/mol. The zero-order chi connectivity index (χ0) is 20.1. The molecule has 7 heteroatoms. The van der Waals surface area contributed by atoms with Gasteiger partial charge in [0.2, 0.25) is 0 Å². The summed E-state index contributed by atoms with van der Waals surface area (Å²) in [5.41, 5.74) is 2.28. The Balaban J connectivity index is 1.55. The number of nitrogens with zero attached hydrogens (tertiary/aromatic N) is 1. The Morgan fingerprint density at radius 2 is 1.86 bits per heavy atom. The molecule has 0 bridgehead atoms. The van der Waals surface area contributed by atoms with Gasteiger partial charge in [0.25, 0.3) is 5.91 Å². The summed E-state index contributed by atoms with van der Waals surface area (Å²) >= 11 is 3.80. The molecule has 2 aromatic carbocycles. The third kappa shape index (κ3) is 5.29. The van der Waals surface area contributed by atoms with E-state index in [1.807, 2.05) is 35.7 Å². The minimum atomic E-state index is -0.924. The molecule has 1 heterocycles. The first-order valence-corrected chi connectivity index (χ1v) is 11.1. The SMILES string of the molecule is CC(OC(=O)c1ccc(C2SCCS2)cc1)C(=O)N(C)Cc1cccc(F)c1. The highest BCUT2D eigenvalue weighted by atomic mass is 32.2. The van der Waals surface area contributed by atoms with Gasteiger partial charge in [0.1, 0.15) is 5.82 Å². The zero-order valence-corrected chi connectivity index (χ0v) is 17.4. The van der Waals surface area contributed by atoms with Crippen molar-refractivity contribution < 1.29 is 18.7 Å². The molecule has 0 N–H and O–H groups in total. The van der Waals surface area contributed by atoms with Gasteiger partial charge in [-0.1, -0.05) is 24.3 Å². The maximum atomic E-state index is 13.3. The van der Waals surface area contributed by atoms with E-state index in [0.29, 0.717) is 15.7 Å². The molecule has 1 amide bonds. The number of carbonyl (C=O) groups is 2. The molecule has 1 unspecified atom stereocenters. The van der Waals surface area contributed by atoms with E-state index in [2.05, 4.69) is 0 Å². The van der Waals surface area contributed by atoms with Crippen LogP contribution in [0.25, 0.3) is 0 Å². The van der Waals surface area contributed by atoms with E-state index in [4.69, 9.17) is 4.74 Å². The number of esters is 1. The Morgan fingerprint density at radius 3 is 2.50 bits per heavy atom. The normalized spacial score (nSPS) is 15.2. The number of hydrogen-bond acceptors (Lipinski definition) is 5. The van der Waals surface area contributed by atoms with Crippen molar-refractivity contribution in [1.29, 1.82) is 0 Å². The van der Waals surface area contributed by atoms with E-state index in [0.717, 1.165) is 11.5 Å². The minimum absolute atomic E-state index is 0.240. The highest BCUT2D eigenvalue weighted by molar-refractivity contribution is 8.19. The lowest BCUT2D eigenvalue weighted by atomic mass is 10.1. The van der Waals surface area contributed by atoms with E-state index in [-0.39, 0.29) is 18.3 Å². The molecule has 148 valence electrons. The largest absolute Gasteiger partial charge is 0.449 e. The molecular weight excluding hydrogens is 397 g/mol. The summed E-state index contributed by atoms with van der Waals surface area (Å²) in [6, 6.07) is 13.4. The second-order valence-electron chi connectivity index (χ2n) is 6.57. The fraction of sp³-hybridized carbons (Fsp3) is 0.333. The van der Waals surface area contributed by atoms with Crippen LogP contribution in [0.1, 0.15) is 33.0 Å². The minimum Gasteiger partial charge on any atom is -0.449 e. The van der Waals surface area contributed by atoms with Crippen molar-refractivity contribution in [1.82, 2.24) is 4.90 Å². The number of rotatable bonds is 6. The summed E-state index contributed by atoms with van der Waals surface area (Å²) in [5, 5.41) is 0. The second-order valence-corrected chi connectivity index (χ2v) is 9.29. The Bertz CT molecular complexity index is 838. The molecule has 1 fully saturated rings. The lowest BCUT2D eigenvalue weighted by Crippen LogP contribution is -2.37. The van der Waals surface area contributed by atoms with Crippen LogP contribution in [-0.2, 0) is 16.1 Å². The van der Waals surface area contributed by atoms with E-state index in [1.165, 1.54) is 22.6 Å². The molecule has 0 aromatic heterocycles. The molecular formula is C21H22FNO3S2. The zero-order valence-electron chi connectivity index (χ0n) is 15.8. The molecule has 1 aliphatic heterocycles.